The molecule has 0 bridgehead atoms. The van der Waals surface area contributed by atoms with Gasteiger partial charge in [0.05, 0.1) is 40.2 Å². The second-order valence-corrected chi connectivity index (χ2v) is 4.80. The van der Waals surface area contributed by atoms with Crippen LogP contribution >= 0.6 is 0 Å². The van der Waals surface area contributed by atoms with E-state index in [4.69, 9.17) is 9.84 Å². The van der Waals surface area contributed by atoms with Crippen LogP contribution in [0.2, 0.25) is 0 Å². The lowest BCUT2D eigenvalue weighted by molar-refractivity contribution is -0.890. The molecule has 0 aromatic rings. The SMILES string of the molecule is C=C(C)C(=O)OCCC[N+](C)(C)CCC(=O)O.[Cl-]. The van der Waals surface area contributed by atoms with E-state index in [1.807, 2.05) is 14.1 Å². The van der Waals surface area contributed by atoms with Crippen molar-refractivity contribution in [2.75, 3.05) is 33.8 Å². The molecule has 0 aliphatic heterocycles. The normalized spacial score (nSPS) is 10.4. The molecule has 0 aliphatic rings. The van der Waals surface area contributed by atoms with Gasteiger partial charge in [0.15, 0.2) is 0 Å². The van der Waals surface area contributed by atoms with Crippen molar-refractivity contribution in [3.63, 3.8) is 0 Å². The molecule has 0 saturated heterocycles. The first-order valence-electron chi connectivity index (χ1n) is 5.61. The zero-order valence-electron chi connectivity index (χ0n) is 11.2. The number of esters is 1. The van der Waals surface area contributed by atoms with Crippen LogP contribution in [0.3, 0.4) is 0 Å². The van der Waals surface area contributed by atoms with Crippen molar-refractivity contribution in [3.05, 3.63) is 12.2 Å². The third-order valence-electron chi connectivity index (χ3n) is 2.42. The fraction of sp³-hybridized carbons (Fsp3) is 0.667. The van der Waals surface area contributed by atoms with E-state index in [0.717, 1.165) is 6.54 Å². The van der Waals surface area contributed by atoms with E-state index in [9.17, 15) is 9.59 Å². The summed E-state index contributed by atoms with van der Waals surface area (Å²) in [6, 6.07) is 0. The molecule has 0 atom stereocenters. The first-order valence-corrected chi connectivity index (χ1v) is 5.61. The molecule has 0 unspecified atom stereocenters. The molecule has 0 aliphatic carbocycles. The van der Waals surface area contributed by atoms with Crippen molar-refractivity contribution in [2.45, 2.75) is 19.8 Å². The molecule has 0 fully saturated rings. The molecule has 1 N–H and O–H groups in total. The molecular formula is C12H22ClNO4. The van der Waals surface area contributed by atoms with Gasteiger partial charge in [-0.2, -0.15) is 0 Å². The molecule has 0 saturated carbocycles. The zero-order valence-corrected chi connectivity index (χ0v) is 12.0. The van der Waals surface area contributed by atoms with E-state index in [0.29, 0.717) is 29.6 Å². The predicted octanol–water partition coefficient (Wildman–Crippen LogP) is -1.95. The molecule has 0 aromatic heterocycles. The van der Waals surface area contributed by atoms with Gasteiger partial charge in [0.1, 0.15) is 0 Å². The standard InChI is InChI=1S/C12H21NO4.ClH/c1-10(2)12(16)17-9-5-7-13(3,4)8-6-11(14)15;/h1,5-9H2,2-4H3;1H. The number of hydrogen-bond acceptors (Lipinski definition) is 3. The number of hydrogen-bond donors (Lipinski definition) is 1. The summed E-state index contributed by atoms with van der Waals surface area (Å²) in [7, 11) is 3.92. The number of carbonyl (C=O) groups excluding carboxylic acids is 1. The van der Waals surface area contributed by atoms with Crippen LogP contribution in [0.4, 0.5) is 0 Å². The number of halogens is 1. The predicted molar refractivity (Wildman–Crippen MR) is 64.5 cm³/mol. The van der Waals surface area contributed by atoms with E-state index in [2.05, 4.69) is 6.58 Å². The Morgan fingerprint density at radius 2 is 1.83 bits per heavy atom. The summed E-state index contributed by atoms with van der Waals surface area (Å²) < 4.78 is 5.57. The van der Waals surface area contributed by atoms with E-state index in [-0.39, 0.29) is 24.8 Å². The summed E-state index contributed by atoms with van der Waals surface area (Å²) in [5.74, 6) is -1.16. The Kier molecular flexibility index (Phi) is 9.57. The van der Waals surface area contributed by atoms with Crippen molar-refractivity contribution in [1.82, 2.24) is 0 Å². The Bertz CT molecular complexity index is 302. The molecular weight excluding hydrogens is 258 g/mol. The Labute approximate surface area is 114 Å². The van der Waals surface area contributed by atoms with Gasteiger partial charge >= 0.3 is 11.9 Å². The molecule has 106 valence electrons. The van der Waals surface area contributed by atoms with Crippen LogP contribution < -0.4 is 12.4 Å². The van der Waals surface area contributed by atoms with Gasteiger partial charge in [0, 0.05) is 12.0 Å². The first kappa shape index (κ1) is 19.3. The lowest BCUT2D eigenvalue weighted by atomic mass is 10.3. The maximum absolute atomic E-state index is 11.1. The third kappa shape index (κ3) is 10.1. The largest absolute Gasteiger partial charge is 1.00 e. The van der Waals surface area contributed by atoms with Gasteiger partial charge in [0.2, 0.25) is 0 Å². The zero-order chi connectivity index (χ0) is 13.5. The molecule has 5 nitrogen and oxygen atoms in total. The maximum atomic E-state index is 11.1. The number of carboxylic acids is 1. The summed E-state index contributed by atoms with van der Waals surface area (Å²) >= 11 is 0. The number of carbonyl (C=O) groups is 2. The summed E-state index contributed by atoms with van der Waals surface area (Å²) in [6.45, 7) is 6.79. The molecule has 0 radical (unpaired) electrons. The summed E-state index contributed by atoms with van der Waals surface area (Å²) in [6.07, 6.45) is 0.865. The number of carboxylic acid groups (broad SMARTS) is 1. The van der Waals surface area contributed by atoms with Gasteiger partial charge in [-0.3, -0.25) is 4.79 Å². The average molecular weight is 280 g/mol. The average Bonchev–Trinajstić information content (AvgIpc) is 2.21. The molecule has 6 heteroatoms. The van der Waals surface area contributed by atoms with Gasteiger partial charge in [0.25, 0.3) is 0 Å². The highest BCUT2D eigenvalue weighted by Gasteiger charge is 2.16. The molecule has 0 spiro atoms. The summed E-state index contributed by atoms with van der Waals surface area (Å²) in [5.41, 5.74) is 0.393. The van der Waals surface area contributed by atoms with Crippen LogP contribution in [-0.4, -0.2) is 55.3 Å². The number of ether oxygens (including phenoxy) is 1. The Morgan fingerprint density at radius 3 is 2.28 bits per heavy atom. The maximum Gasteiger partial charge on any atom is 0.333 e. The van der Waals surface area contributed by atoms with Crippen molar-refractivity contribution >= 4 is 11.9 Å². The van der Waals surface area contributed by atoms with E-state index in [1.165, 1.54) is 0 Å². The number of aliphatic carboxylic acids is 1. The van der Waals surface area contributed by atoms with Gasteiger partial charge in [-0.1, -0.05) is 6.58 Å². The van der Waals surface area contributed by atoms with E-state index in [1.54, 1.807) is 6.92 Å². The second kappa shape index (κ2) is 8.94. The number of nitrogens with zero attached hydrogens (tertiary/aromatic N) is 1. The fourth-order valence-electron chi connectivity index (χ4n) is 1.29. The molecule has 0 heterocycles. The van der Waals surface area contributed by atoms with E-state index >= 15 is 0 Å². The van der Waals surface area contributed by atoms with Crippen molar-refractivity contribution in [2.24, 2.45) is 0 Å². The second-order valence-electron chi connectivity index (χ2n) is 4.80. The highest BCUT2D eigenvalue weighted by atomic mass is 35.5. The monoisotopic (exact) mass is 279 g/mol. The van der Waals surface area contributed by atoms with Crippen molar-refractivity contribution < 1.29 is 36.3 Å². The van der Waals surface area contributed by atoms with Crippen LogP contribution in [0.5, 0.6) is 0 Å². The minimum Gasteiger partial charge on any atom is -1.00 e. The van der Waals surface area contributed by atoms with Crippen LogP contribution in [0.25, 0.3) is 0 Å². The quantitative estimate of drug-likeness (QED) is 0.243. The lowest BCUT2D eigenvalue weighted by Gasteiger charge is -2.29. The van der Waals surface area contributed by atoms with Gasteiger partial charge in [-0.15, -0.1) is 0 Å². The Hall–Kier alpha value is -1.07. The molecule has 0 rings (SSSR count). The van der Waals surface area contributed by atoms with Crippen LogP contribution in [-0.2, 0) is 14.3 Å². The van der Waals surface area contributed by atoms with Crippen molar-refractivity contribution in [3.8, 4) is 0 Å². The fourth-order valence-corrected chi connectivity index (χ4v) is 1.29. The van der Waals surface area contributed by atoms with Gasteiger partial charge < -0.3 is 26.7 Å². The minimum absolute atomic E-state index is 0. The first-order chi connectivity index (χ1) is 7.74. The van der Waals surface area contributed by atoms with Crippen molar-refractivity contribution in [1.29, 1.82) is 0 Å². The van der Waals surface area contributed by atoms with E-state index < -0.39 is 5.97 Å². The number of rotatable bonds is 8. The van der Waals surface area contributed by atoms with Gasteiger partial charge in [-0.25, -0.2) is 4.79 Å². The Morgan fingerprint density at radius 1 is 1.28 bits per heavy atom. The molecule has 0 amide bonds. The molecule has 18 heavy (non-hydrogen) atoms. The smallest absolute Gasteiger partial charge is 0.333 e. The summed E-state index contributed by atoms with van der Waals surface area (Å²) in [5, 5.41) is 8.59. The topological polar surface area (TPSA) is 63.6 Å². The molecule has 0 aromatic carbocycles. The number of quaternary nitrogens is 1. The van der Waals surface area contributed by atoms with Crippen LogP contribution in [0.15, 0.2) is 12.2 Å². The highest BCUT2D eigenvalue weighted by Crippen LogP contribution is 2.02. The highest BCUT2D eigenvalue weighted by molar-refractivity contribution is 5.86. The van der Waals surface area contributed by atoms with Gasteiger partial charge in [-0.05, 0) is 6.92 Å². The third-order valence-corrected chi connectivity index (χ3v) is 2.42. The minimum atomic E-state index is -0.787. The van der Waals surface area contributed by atoms with Crippen LogP contribution in [0, 0.1) is 0 Å². The Balaban J connectivity index is 0. The van der Waals surface area contributed by atoms with Crippen LogP contribution in [0.1, 0.15) is 19.8 Å². The summed E-state index contributed by atoms with van der Waals surface area (Å²) in [4.78, 5) is 21.5. The lowest BCUT2D eigenvalue weighted by Crippen LogP contribution is -3.00.